The summed E-state index contributed by atoms with van der Waals surface area (Å²) in [4.78, 5) is 21.6. The van der Waals surface area contributed by atoms with E-state index in [1.807, 2.05) is 25.1 Å². The van der Waals surface area contributed by atoms with E-state index in [0.717, 1.165) is 11.1 Å². The van der Waals surface area contributed by atoms with E-state index in [2.05, 4.69) is 37.3 Å². The van der Waals surface area contributed by atoms with Gasteiger partial charge in [-0.25, -0.2) is 14.8 Å². The van der Waals surface area contributed by atoms with E-state index in [1.165, 1.54) is 0 Å². The number of ether oxygens (including phenoxy) is 1. The van der Waals surface area contributed by atoms with Crippen LogP contribution in [0.15, 0.2) is 35.1 Å². The highest BCUT2D eigenvalue weighted by molar-refractivity contribution is 9.10. The molecule has 152 valence electrons. The van der Waals surface area contributed by atoms with Crippen LogP contribution in [0.3, 0.4) is 0 Å². The molecule has 1 N–H and O–H groups in total. The summed E-state index contributed by atoms with van der Waals surface area (Å²) < 4.78 is 18.9. The zero-order valence-corrected chi connectivity index (χ0v) is 19.6. The number of aryl methyl sites for hydroxylation is 1. The molecular formula is C20H27BrN3O3P. The molecule has 1 aromatic heterocycles. The molecular weight excluding hydrogens is 441 g/mol. The minimum Gasteiger partial charge on any atom is -0.458 e. The van der Waals surface area contributed by atoms with Crippen LogP contribution >= 0.6 is 23.1 Å². The van der Waals surface area contributed by atoms with Gasteiger partial charge in [-0.1, -0.05) is 29.8 Å². The average Bonchev–Trinajstić information content (AvgIpc) is 2.51. The molecule has 28 heavy (non-hydrogen) atoms. The van der Waals surface area contributed by atoms with Crippen molar-refractivity contribution < 1.29 is 14.1 Å². The fraction of sp³-hybridized carbons (Fsp3) is 0.450. The molecule has 0 aliphatic carbocycles. The molecule has 1 atom stereocenters. The van der Waals surface area contributed by atoms with Crippen LogP contribution in [0.4, 0.5) is 5.82 Å². The summed E-state index contributed by atoms with van der Waals surface area (Å²) in [6.45, 7) is 10.5. The van der Waals surface area contributed by atoms with E-state index in [0.29, 0.717) is 22.5 Å². The zero-order chi connectivity index (χ0) is 21.1. The lowest BCUT2D eigenvalue weighted by Crippen LogP contribution is -2.36. The number of benzene rings is 1. The third-order valence-electron chi connectivity index (χ3n) is 3.79. The smallest absolute Gasteiger partial charge is 0.336 e. The Labute approximate surface area is 175 Å². The number of aromatic nitrogens is 2. The van der Waals surface area contributed by atoms with Crippen molar-refractivity contribution >= 4 is 34.9 Å². The second kappa shape index (κ2) is 8.75. The fourth-order valence-electron chi connectivity index (χ4n) is 2.62. The molecule has 0 saturated carbocycles. The Morgan fingerprint density at radius 1 is 1.32 bits per heavy atom. The fourth-order valence-corrected chi connectivity index (χ4v) is 3.93. The number of nitrogens with zero attached hydrogens (tertiary/aromatic N) is 2. The highest BCUT2D eigenvalue weighted by Gasteiger charge is 2.35. The summed E-state index contributed by atoms with van der Waals surface area (Å²) in [5, 5.41) is 3.04. The van der Waals surface area contributed by atoms with Crippen molar-refractivity contribution in [3.05, 3.63) is 51.9 Å². The largest absolute Gasteiger partial charge is 0.458 e. The lowest BCUT2D eigenvalue weighted by atomic mass is 10.1. The van der Waals surface area contributed by atoms with Crippen molar-refractivity contribution in [2.24, 2.45) is 0 Å². The minimum atomic E-state index is -2.87. The van der Waals surface area contributed by atoms with Gasteiger partial charge >= 0.3 is 5.97 Å². The second-order valence-corrected chi connectivity index (χ2v) is 12.4. The number of carbonyl (C=O) groups is 1. The second-order valence-electron chi connectivity index (χ2n) is 8.17. The normalized spacial score (nSPS) is 13.1. The van der Waals surface area contributed by atoms with Gasteiger partial charge in [-0.15, -0.1) is 0 Å². The molecule has 0 spiro atoms. The molecule has 0 aliphatic rings. The Morgan fingerprint density at radius 2 is 2.00 bits per heavy atom. The van der Waals surface area contributed by atoms with E-state index in [1.54, 1.807) is 40.3 Å². The maximum Gasteiger partial charge on any atom is 0.336 e. The predicted octanol–water partition coefficient (Wildman–Crippen LogP) is 4.84. The van der Waals surface area contributed by atoms with Gasteiger partial charge in [0.05, 0.1) is 11.9 Å². The Bertz CT molecular complexity index is 906. The van der Waals surface area contributed by atoms with E-state index in [9.17, 15) is 9.36 Å². The molecule has 1 unspecified atom stereocenters. The lowest BCUT2D eigenvalue weighted by Gasteiger charge is -2.27. The van der Waals surface area contributed by atoms with Gasteiger partial charge in [-0.2, -0.15) is 0 Å². The summed E-state index contributed by atoms with van der Waals surface area (Å²) in [7, 11) is -2.87. The van der Waals surface area contributed by atoms with Crippen LogP contribution in [0.1, 0.15) is 37.6 Å². The first-order chi connectivity index (χ1) is 12.8. The maximum atomic E-state index is 12.8. The molecule has 1 aromatic carbocycles. The molecule has 0 saturated heterocycles. The van der Waals surface area contributed by atoms with Crippen molar-refractivity contribution in [1.82, 2.24) is 9.97 Å². The van der Waals surface area contributed by atoms with Crippen molar-refractivity contribution in [3.8, 4) is 0 Å². The molecule has 2 aromatic rings. The number of rotatable bonds is 6. The molecule has 0 aliphatic heterocycles. The SMILES string of the molecule is Cc1cccc(Cc2nc(Br)cnc2NC(C(=O)OC(C)(C)C)P(C)(C)=O)c1. The number of halogens is 1. The first kappa shape index (κ1) is 22.6. The lowest BCUT2D eigenvalue weighted by molar-refractivity contribution is -0.153. The number of nitrogens with one attached hydrogen (secondary N) is 1. The first-order valence-electron chi connectivity index (χ1n) is 8.96. The number of carbonyl (C=O) groups excluding carboxylic acids is 1. The highest BCUT2D eigenvalue weighted by Crippen LogP contribution is 2.43. The Hall–Kier alpha value is -1.72. The van der Waals surface area contributed by atoms with Crippen molar-refractivity contribution in [2.75, 3.05) is 18.6 Å². The van der Waals surface area contributed by atoms with Crippen LogP contribution in [0.5, 0.6) is 0 Å². The van der Waals surface area contributed by atoms with E-state index in [4.69, 9.17) is 4.74 Å². The van der Waals surface area contributed by atoms with Gasteiger partial charge in [0.1, 0.15) is 23.2 Å². The molecule has 0 amide bonds. The van der Waals surface area contributed by atoms with Gasteiger partial charge in [-0.3, -0.25) is 0 Å². The van der Waals surface area contributed by atoms with E-state index >= 15 is 0 Å². The summed E-state index contributed by atoms with van der Waals surface area (Å²) in [5.74, 6) is -1.14. The Balaban J connectivity index is 2.37. The number of hydrogen-bond donors (Lipinski definition) is 1. The van der Waals surface area contributed by atoms with E-state index in [-0.39, 0.29) is 0 Å². The third-order valence-corrected chi connectivity index (χ3v) is 5.76. The van der Waals surface area contributed by atoms with Crippen LogP contribution in [0, 0.1) is 6.92 Å². The average molecular weight is 468 g/mol. The van der Waals surface area contributed by atoms with Gasteiger partial charge in [0, 0.05) is 6.42 Å². The summed E-state index contributed by atoms with van der Waals surface area (Å²) >= 11 is 3.35. The molecule has 1 heterocycles. The van der Waals surface area contributed by atoms with Crippen LogP contribution in [0.25, 0.3) is 0 Å². The summed E-state index contributed by atoms with van der Waals surface area (Å²) in [6.07, 6.45) is 2.07. The molecule has 8 heteroatoms. The Morgan fingerprint density at radius 3 is 2.57 bits per heavy atom. The van der Waals surface area contributed by atoms with Crippen molar-refractivity contribution in [2.45, 2.75) is 45.5 Å². The van der Waals surface area contributed by atoms with E-state index < -0.39 is 24.5 Å². The number of esters is 1. The van der Waals surface area contributed by atoms with Gasteiger partial charge in [0.2, 0.25) is 0 Å². The quantitative estimate of drug-likeness (QED) is 0.483. The molecule has 0 fully saturated rings. The number of anilines is 1. The van der Waals surface area contributed by atoms with Gasteiger partial charge in [0.25, 0.3) is 0 Å². The summed E-state index contributed by atoms with van der Waals surface area (Å²) in [6, 6.07) is 8.09. The predicted molar refractivity (Wildman–Crippen MR) is 116 cm³/mol. The van der Waals surface area contributed by atoms with Crippen LogP contribution in [-0.4, -0.2) is 40.7 Å². The zero-order valence-electron chi connectivity index (χ0n) is 17.1. The standard InChI is InChI=1S/C20H27BrN3O3P/c1-13-8-7-9-14(10-13)11-15-17(22-12-16(21)23-15)24-18(28(5,6)26)19(25)27-20(2,3)4/h7-10,12,18H,11H2,1-6H3,(H,22,24). The first-order valence-corrected chi connectivity index (χ1v) is 12.4. The number of hydrogen-bond acceptors (Lipinski definition) is 6. The van der Waals surface area contributed by atoms with Gasteiger partial charge < -0.3 is 14.6 Å². The van der Waals surface area contributed by atoms with Gasteiger partial charge in [-0.05, 0) is 62.5 Å². The highest BCUT2D eigenvalue weighted by atomic mass is 79.9. The molecule has 0 bridgehead atoms. The van der Waals surface area contributed by atoms with Crippen molar-refractivity contribution in [3.63, 3.8) is 0 Å². The monoisotopic (exact) mass is 467 g/mol. The van der Waals surface area contributed by atoms with Crippen molar-refractivity contribution in [1.29, 1.82) is 0 Å². The maximum absolute atomic E-state index is 12.8. The van der Waals surface area contributed by atoms with Crippen LogP contribution in [0.2, 0.25) is 0 Å². The summed E-state index contributed by atoms with van der Waals surface area (Å²) in [5.41, 5.74) is 2.19. The topological polar surface area (TPSA) is 81.2 Å². The van der Waals surface area contributed by atoms with Crippen LogP contribution in [-0.2, 0) is 20.5 Å². The van der Waals surface area contributed by atoms with Gasteiger partial charge in [0.15, 0.2) is 5.78 Å². The third kappa shape index (κ3) is 6.71. The Kier molecular flexibility index (Phi) is 7.05. The molecule has 6 nitrogen and oxygen atoms in total. The van der Waals surface area contributed by atoms with Crippen LogP contribution < -0.4 is 5.32 Å². The minimum absolute atomic E-state index is 0.421. The molecule has 0 radical (unpaired) electrons. The molecule has 2 rings (SSSR count).